The summed E-state index contributed by atoms with van der Waals surface area (Å²) in [4.78, 5) is 11.4. The molecule has 4 nitrogen and oxygen atoms in total. The van der Waals surface area contributed by atoms with Gasteiger partial charge in [-0.25, -0.2) is 0 Å². The number of nitrogens with one attached hydrogen (secondary N) is 2. The molecule has 0 aliphatic carbocycles. The summed E-state index contributed by atoms with van der Waals surface area (Å²) in [7, 11) is 3.52. The van der Waals surface area contributed by atoms with Crippen LogP contribution in [0.25, 0.3) is 0 Å². The van der Waals surface area contributed by atoms with Crippen molar-refractivity contribution in [1.29, 1.82) is 0 Å². The van der Waals surface area contributed by atoms with Crippen molar-refractivity contribution in [3.05, 3.63) is 0 Å². The Morgan fingerprint density at radius 2 is 2.00 bits per heavy atom. The minimum Gasteiger partial charge on any atom is -0.378 e. The highest BCUT2D eigenvalue weighted by molar-refractivity contribution is 5.76. The van der Waals surface area contributed by atoms with Crippen molar-refractivity contribution >= 4 is 5.91 Å². The van der Waals surface area contributed by atoms with E-state index >= 15 is 0 Å². The Hall–Kier alpha value is -0.610. The standard InChI is InChI=1S/C10H22N2O2/c1-10(2,14-4)8-9(13)12-7-5-6-11-3/h11H,5-8H2,1-4H3,(H,12,13). The van der Waals surface area contributed by atoms with E-state index < -0.39 is 0 Å². The van der Waals surface area contributed by atoms with E-state index in [1.807, 2.05) is 20.9 Å². The SMILES string of the molecule is CNCCCNC(=O)CC(C)(C)OC. The molecule has 0 saturated carbocycles. The Balaban J connectivity index is 3.55. The van der Waals surface area contributed by atoms with Gasteiger partial charge in [0.2, 0.25) is 5.91 Å². The van der Waals surface area contributed by atoms with Gasteiger partial charge in [0.05, 0.1) is 12.0 Å². The van der Waals surface area contributed by atoms with Crippen molar-refractivity contribution in [1.82, 2.24) is 10.6 Å². The largest absolute Gasteiger partial charge is 0.378 e. The van der Waals surface area contributed by atoms with Gasteiger partial charge in [-0.2, -0.15) is 0 Å². The zero-order chi connectivity index (χ0) is 11.0. The van der Waals surface area contributed by atoms with Crippen molar-refractivity contribution in [3.63, 3.8) is 0 Å². The fraction of sp³-hybridized carbons (Fsp3) is 0.900. The first-order chi connectivity index (χ1) is 6.52. The van der Waals surface area contributed by atoms with E-state index in [0.29, 0.717) is 6.42 Å². The Morgan fingerprint density at radius 3 is 2.50 bits per heavy atom. The molecule has 0 aromatic carbocycles. The summed E-state index contributed by atoms with van der Waals surface area (Å²) in [5.41, 5.74) is -0.368. The van der Waals surface area contributed by atoms with Crippen molar-refractivity contribution in [3.8, 4) is 0 Å². The molecule has 0 rings (SSSR count). The van der Waals surface area contributed by atoms with Crippen LogP contribution in [0.5, 0.6) is 0 Å². The van der Waals surface area contributed by atoms with Gasteiger partial charge < -0.3 is 15.4 Å². The van der Waals surface area contributed by atoms with Gasteiger partial charge in [0.25, 0.3) is 0 Å². The topological polar surface area (TPSA) is 50.4 Å². The lowest BCUT2D eigenvalue weighted by molar-refractivity contribution is -0.126. The number of hydrogen-bond donors (Lipinski definition) is 2. The van der Waals surface area contributed by atoms with Crippen LogP contribution in [0.15, 0.2) is 0 Å². The minimum absolute atomic E-state index is 0.0490. The maximum atomic E-state index is 11.4. The van der Waals surface area contributed by atoms with Crippen LogP contribution in [0.1, 0.15) is 26.7 Å². The Labute approximate surface area is 86.4 Å². The number of carbonyl (C=O) groups is 1. The molecule has 1 amide bonds. The van der Waals surface area contributed by atoms with Crippen molar-refractivity contribution in [2.75, 3.05) is 27.2 Å². The summed E-state index contributed by atoms with van der Waals surface area (Å²) in [5.74, 6) is 0.0490. The first-order valence-electron chi connectivity index (χ1n) is 4.98. The molecule has 84 valence electrons. The lowest BCUT2D eigenvalue weighted by Crippen LogP contribution is -2.34. The molecule has 0 spiro atoms. The number of hydrogen-bond acceptors (Lipinski definition) is 3. The van der Waals surface area contributed by atoms with E-state index in [-0.39, 0.29) is 11.5 Å². The zero-order valence-electron chi connectivity index (χ0n) is 9.64. The van der Waals surface area contributed by atoms with Gasteiger partial charge in [0, 0.05) is 13.7 Å². The van der Waals surface area contributed by atoms with Gasteiger partial charge in [0.1, 0.15) is 0 Å². The highest BCUT2D eigenvalue weighted by Crippen LogP contribution is 2.11. The lowest BCUT2D eigenvalue weighted by Gasteiger charge is -2.21. The molecule has 0 aliphatic heterocycles. The first-order valence-corrected chi connectivity index (χ1v) is 4.98. The van der Waals surface area contributed by atoms with Crippen LogP contribution < -0.4 is 10.6 Å². The molecule has 0 bridgehead atoms. The van der Waals surface area contributed by atoms with Gasteiger partial charge in [-0.05, 0) is 33.9 Å². The van der Waals surface area contributed by atoms with Crippen molar-refractivity contribution < 1.29 is 9.53 Å². The molecule has 0 aromatic rings. The van der Waals surface area contributed by atoms with Crippen molar-refractivity contribution in [2.24, 2.45) is 0 Å². The van der Waals surface area contributed by atoms with Gasteiger partial charge >= 0.3 is 0 Å². The van der Waals surface area contributed by atoms with Gasteiger partial charge in [-0.3, -0.25) is 4.79 Å². The molecule has 0 aromatic heterocycles. The predicted molar refractivity (Wildman–Crippen MR) is 57.3 cm³/mol. The molecule has 2 N–H and O–H groups in total. The molecule has 0 unspecified atom stereocenters. The summed E-state index contributed by atoms with van der Waals surface area (Å²) >= 11 is 0. The molecular weight excluding hydrogens is 180 g/mol. The highest BCUT2D eigenvalue weighted by Gasteiger charge is 2.20. The monoisotopic (exact) mass is 202 g/mol. The smallest absolute Gasteiger partial charge is 0.222 e. The highest BCUT2D eigenvalue weighted by atomic mass is 16.5. The molecular formula is C10H22N2O2. The maximum Gasteiger partial charge on any atom is 0.222 e. The van der Waals surface area contributed by atoms with Gasteiger partial charge in [-0.15, -0.1) is 0 Å². The minimum atomic E-state index is -0.368. The fourth-order valence-corrected chi connectivity index (χ4v) is 1.01. The van der Waals surface area contributed by atoms with E-state index in [2.05, 4.69) is 10.6 Å². The molecule has 0 fully saturated rings. The number of rotatable bonds is 7. The fourth-order valence-electron chi connectivity index (χ4n) is 1.01. The number of methoxy groups -OCH3 is 1. The average Bonchev–Trinajstić information content (AvgIpc) is 2.12. The average molecular weight is 202 g/mol. The van der Waals surface area contributed by atoms with Crippen LogP contribution in [-0.2, 0) is 9.53 Å². The van der Waals surface area contributed by atoms with Crippen LogP contribution in [-0.4, -0.2) is 38.8 Å². The Bertz CT molecular complexity index is 170. The Morgan fingerprint density at radius 1 is 1.36 bits per heavy atom. The predicted octanol–water partition coefficient (Wildman–Crippen LogP) is 0.527. The van der Waals surface area contributed by atoms with Crippen LogP contribution in [0.3, 0.4) is 0 Å². The quantitative estimate of drug-likeness (QED) is 0.592. The lowest BCUT2D eigenvalue weighted by atomic mass is 10.1. The molecule has 0 atom stereocenters. The third-order valence-electron chi connectivity index (χ3n) is 2.06. The van der Waals surface area contributed by atoms with Crippen LogP contribution >= 0.6 is 0 Å². The number of carbonyl (C=O) groups excluding carboxylic acids is 1. The van der Waals surface area contributed by atoms with E-state index in [1.54, 1.807) is 7.11 Å². The number of amides is 1. The normalized spacial score (nSPS) is 11.4. The van der Waals surface area contributed by atoms with E-state index in [0.717, 1.165) is 19.5 Å². The van der Waals surface area contributed by atoms with Crippen molar-refractivity contribution in [2.45, 2.75) is 32.3 Å². The van der Waals surface area contributed by atoms with E-state index in [1.165, 1.54) is 0 Å². The third kappa shape index (κ3) is 6.86. The second kappa shape index (κ2) is 6.79. The molecule has 0 radical (unpaired) electrons. The number of ether oxygens (including phenoxy) is 1. The molecule has 4 heteroatoms. The zero-order valence-corrected chi connectivity index (χ0v) is 9.64. The summed E-state index contributed by atoms with van der Waals surface area (Å²) in [6, 6.07) is 0. The molecule has 0 saturated heterocycles. The van der Waals surface area contributed by atoms with Gasteiger partial charge in [0.15, 0.2) is 0 Å². The maximum absolute atomic E-state index is 11.4. The summed E-state index contributed by atoms with van der Waals surface area (Å²) in [6.45, 7) is 5.45. The summed E-state index contributed by atoms with van der Waals surface area (Å²) in [5, 5.41) is 5.87. The third-order valence-corrected chi connectivity index (χ3v) is 2.06. The molecule has 0 aliphatic rings. The summed E-state index contributed by atoms with van der Waals surface area (Å²) < 4.78 is 5.16. The van der Waals surface area contributed by atoms with E-state index in [9.17, 15) is 4.79 Å². The second-order valence-electron chi connectivity index (χ2n) is 3.95. The van der Waals surface area contributed by atoms with Gasteiger partial charge in [-0.1, -0.05) is 0 Å². The second-order valence-corrected chi connectivity index (χ2v) is 3.95. The Kier molecular flexibility index (Phi) is 6.49. The molecule has 14 heavy (non-hydrogen) atoms. The van der Waals surface area contributed by atoms with Crippen LogP contribution in [0, 0.1) is 0 Å². The van der Waals surface area contributed by atoms with Crippen LogP contribution in [0.4, 0.5) is 0 Å². The summed E-state index contributed by atoms with van der Waals surface area (Å²) in [6.07, 6.45) is 1.36. The first kappa shape index (κ1) is 13.4. The van der Waals surface area contributed by atoms with Crippen LogP contribution in [0.2, 0.25) is 0 Å². The van der Waals surface area contributed by atoms with E-state index in [4.69, 9.17) is 4.74 Å². The molecule has 0 heterocycles.